The minimum atomic E-state index is -4.13. The van der Waals surface area contributed by atoms with Crippen LogP contribution in [0.2, 0.25) is 5.02 Å². The molecule has 0 heterocycles. The van der Waals surface area contributed by atoms with E-state index in [1.165, 1.54) is 17.0 Å². The Labute approximate surface area is 259 Å². The lowest BCUT2D eigenvalue weighted by atomic mass is 10.0. The van der Waals surface area contributed by atoms with Gasteiger partial charge in [-0.25, -0.2) is 8.42 Å². The largest absolute Gasteiger partial charge is 0.352 e. The molecule has 0 bridgehead atoms. The van der Waals surface area contributed by atoms with E-state index in [-0.39, 0.29) is 29.8 Å². The molecule has 2 amide bonds. The molecule has 0 aromatic heterocycles. The normalized spacial score (nSPS) is 12.6. The lowest BCUT2D eigenvalue weighted by Gasteiger charge is -2.34. The van der Waals surface area contributed by atoms with Gasteiger partial charge in [-0.15, -0.1) is 0 Å². The Hall–Kier alpha value is -4.14. The summed E-state index contributed by atoms with van der Waals surface area (Å²) >= 11 is 6.53. The molecule has 0 saturated heterocycles. The van der Waals surface area contributed by atoms with Gasteiger partial charge in [0.2, 0.25) is 11.8 Å². The van der Waals surface area contributed by atoms with E-state index in [2.05, 4.69) is 5.32 Å². The van der Waals surface area contributed by atoms with Crippen LogP contribution in [0, 0.1) is 0 Å². The third kappa shape index (κ3) is 8.24. The Morgan fingerprint density at radius 2 is 1.37 bits per heavy atom. The van der Waals surface area contributed by atoms with Gasteiger partial charge in [-0.05, 0) is 54.8 Å². The van der Waals surface area contributed by atoms with Gasteiger partial charge in [-0.1, -0.05) is 103 Å². The molecular weight excluding hydrogens is 582 g/mol. The van der Waals surface area contributed by atoms with E-state index < -0.39 is 28.5 Å². The first-order valence-corrected chi connectivity index (χ1v) is 16.0. The molecule has 9 heteroatoms. The fourth-order valence-corrected chi connectivity index (χ4v) is 6.28. The quantitative estimate of drug-likeness (QED) is 0.197. The number of nitrogens with zero attached hydrogens (tertiary/aromatic N) is 2. The number of sulfonamides is 1. The maximum atomic E-state index is 14.4. The number of benzene rings is 4. The summed E-state index contributed by atoms with van der Waals surface area (Å²) in [6.07, 6.45) is 0.940. The Bertz CT molecular complexity index is 1600. The van der Waals surface area contributed by atoms with Gasteiger partial charge in [0.25, 0.3) is 10.0 Å². The fraction of sp³-hybridized carbons (Fsp3) is 0.235. The van der Waals surface area contributed by atoms with Crippen LogP contribution in [0.1, 0.15) is 31.4 Å². The third-order valence-electron chi connectivity index (χ3n) is 7.22. The predicted molar refractivity (Wildman–Crippen MR) is 171 cm³/mol. The summed E-state index contributed by atoms with van der Waals surface area (Å²) in [5.74, 6) is -0.862. The standard InChI is InChI=1S/C34H36ClN3O4S/c1-3-26(2)36-34(40)32(23-27-15-7-4-8-16-27)37(24-28-17-13-14-22-31(28)35)33(39)25-38(29-18-9-5-10-19-29)43(41,42)30-20-11-6-12-21-30/h4-22,26,32H,3,23-25H2,1-2H3,(H,36,40)/t26-,32-/m0/s1. The van der Waals surface area contributed by atoms with E-state index in [0.717, 1.165) is 9.87 Å². The van der Waals surface area contributed by atoms with Crippen LogP contribution < -0.4 is 9.62 Å². The van der Waals surface area contributed by atoms with Crippen LogP contribution >= 0.6 is 11.6 Å². The number of halogens is 1. The molecule has 1 N–H and O–H groups in total. The Morgan fingerprint density at radius 1 is 0.814 bits per heavy atom. The summed E-state index contributed by atoms with van der Waals surface area (Å²) in [7, 11) is -4.13. The van der Waals surface area contributed by atoms with Crippen LogP contribution in [0.4, 0.5) is 5.69 Å². The summed E-state index contributed by atoms with van der Waals surface area (Å²) in [6, 6.07) is 32.0. The molecule has 4 aromatic rings. The van der Waals surface area contributed by atoms with Crippen LogP contribution in [0.5, 0.6) is 0 Å². The first-order valence-electron chi connectivity index (χ1n) is 14.2. The molecule has 4 aromatic carbocycles. The molecule has 43 heavy (non-hydrogen) atoms. The molecule has 224 valence electrons. The maximum absolute atomic E-state index is 14.4. The minimum Gasteiger partial charge on any atom is -0.352 e. The molecular formula is C34H36ClN3O4S. The molecule has 0 saturated carbocycles. The number of hydrogen-bond donors (Lipinski definition) is 1. The van der Waals surface area contributed by atoms with Crippen molar-refractivity contribution in [1.82, 2.24) is 10.2 Å². The van der Waals surface area contributed by atoms with Crippen LogP contribution in [0.25, 0.3) is 0 Å². The number of hydrogen-bond acceptors (Lipinski definition) is 4. The number of carbonyl (C=O) groups excluding carboxylic acids is 2. The van der Waals surface area contributed by atoms with E-state index in [0.29, 0.717) is 22.7 Å². The minimum absolute atomic E-state index is 0.0119. The van der Waals surface area contributed by atoms with Crippen LogP contribution in [-0.2, 0) is 32.6 Å². The molecule has 4 rings (SSSR count). The summed E-state index contributed by atoms with van der Waals surface area (Å²) in [6.45, 7) is 3.36. The van der Waals surface area contributed by atoms with Crippen LogP contribution in [0.15, 0.2) is 120 Å². The molecule has 0 aliphatic heterocycles. The maximum Gasteiger partial charge on any atom is 0.264 e. The molecule has 0 fully saturated rings. The van der Waals surface area contributed by atoms with Gasteiger partial charge in [-0.2, -0.15) is 0 Å². The zero-order valence-corrected chi connectivity index (χ0v) is 25.8. The predicted octanol–water partition coefficient (Wildman–Crippen LogP) is 6.09. The third-order valence-corrected chi connectivity index (χ3v) is 9.38. The van der Waals surface area contributed by atoms with Crippen molar-refractivity contribution in [3.05, 3.63) is 131 Å². The summed E-state index contributed by atoms with van der Waals surface area (Å²) in [5.41, 5.74) is 1.84. The smallest absolute Gasteiger partial charge is 0.264 e. The Morgan fingerprint density at radius 3 is 1.98 bits per heavy atom. The Kier molecular flexibility index (Phi) is 11.0. The van der Waals surface area contributed by atoms with Crippen molar-refractivity contribution >= 4 is 39.1 Å². The highest BCUT2D eigenvalue weighted by Crippen LogP contribution is 2.26. The topological polar surface area (TPSA) is 86.8 Å². The molecule has 0 radical (unpaired) electrons. The van der Waals surface area contributed by atoms with Crippen molar-refractivity contribution in [2.45, 2.75) is 50.2 Å². The molecule has 2 atom stereocenters. The van der Waals surface area contributed by atoms with E-state index >= 15 is 0 Å². The molecule has 0 spiro atoms. The molecule has 0 unspecified atom stereocenters. The number of amides is 2. The van der Waals surface area contributed by atoms with Crippen molar-refractivity contribution in [3.63, 3.8) is 0 Å². The average molecular weight is 618 g/mol. The number of carbonyl (C=O) groups is 2. The number of para-hydroxylation sites is 1. The van der Waals surface area contributed by atoms with Crippen molar-refractivity contribution < 1.29 is 18.0 Å². The van der Waals surface area contributed by atoms with Gasteiger partial charge in [0.1, 0.15) is 12.6 Å². The van der Waals surface area contributed by atoms with E-state index in [1.54, 1.807) is 66.7 Å². The first kappa shape index (κ1) is 31.8. The second-order valence-electron chi connectivity index (χ2n) is 10.3. The average Bonchev–Trinajstić information content (AvgIpc) is 3.03. The van der Waals surface area contributed by atoms with Crippen molar-refractivity contribution in [3.8, 4) is 0 Å². The van der Waals surface area contributed by atoms with Gasteiger partial charge < -0.3 is 10.2 Å². The van der Waals surface area contributed by atoms with Gasteiger partial charge in [0, 0.05) is 24.0 Å². The molecule has 0 aliphatic rings. The zero-order valence-electron chi connectivity index (χ0n) is 24.3. The summed E-state index contributed by atoms with van der Waals surface area (Å²) < 4.78 is 29.0. The lowest BCUT2D eigenvalue weighted by molar-refractivity contribution is -0.140. The number of rotatable bonds is 13. The van der Waals surface area contributed by atoms with E-state index in [4.69, 9.17) is 11.6 Å². The van der Waals surface area contributed by atoms with Gasteiger partial charge >= 0.3 is 0 Å². The molecule has 0 aliphatic carbocycles. The SMILES string of the molecule is CC[C@H](C)NC(=O)[C@H](Cc1ccccc1)N(Cc1ccccc1Cl)C(=O)CN(c1ccccc1)S(=O)(=O)c1ccccc1. The van der Waals surface area contributed by atoms with E-state index in [1.807, 2.05) is 50.2 Å². The summed E-state index contributed by atoms with van der Waals surface area (Å²) in [5, 5.41) is 3.47. The second kappa shape index (κ2) is 14.8. The zero-order chi connectivity index (χ0) is 30.8. The van der Waals surface area contributed by atoms with Crippen LogP contribution in [-0.4, -0.2) is 43.8 Å². The van der Waals surface area contributed by atoms with E-state index in [9.17, 15) is 18.0 Å². The van der Waals surface area contributed by atoms with Crippen molar-refractivity contribution in [1.29, 1.82) is 0 Å². The van der Waals surface area contributed by atoms with Gasteiger partial charge in [0.15, 0.2) is 0 Å². The fourth-order valence-electron chi connectivity index (χ4n) is 4.65. The number of anilines is 1. The summed E-state index contributed by atoms with van der Waals surface area (Å²) in [4.78, 5) is 29.8. The highest BCUT2D eigenvalue weighted by atomic mass is 35.5. The van der Waals surface area contributed by atoms with Crippen molar-refractivity contribution in [2.24, 2.45) is 0 Å². The first-order chi connectivity index (χ1) is 20.7. The van der Waals surface area contributed by atoms with Gasteiger partial charge in [0.05, 0.1) is 10.6 Å². The molecule has 7 nitrogen and oxygen atoms in total. The highest BCUT2D eigenvalue weighted by Gasteiger charge is 2.35. The highest BCUT2D eigenvalue weighted by molar-refractivity contribution is 7.92. The lowest BCUT2D eigenvalue weighted by Crippen LogP contribution is -2.54. The van der Waals surface area contributed by atoms with Crippen LogP contribution in [0.3, 0.4) is 0 Å². The number of nitrogens with one attached hydrogen (secondary N) is 1. The second-order valence-corrected chi connectivity index (χ2v) is 12.6. The van der Waals surface area contributed by atoms with Crippen molar-refractivity contribution in [2.75, 3.05) is 10.8 Å². The monoisotopic (exact) mass is 617 g/mol. The van der Waals surface area contributed by atoms with Gasteiger partial charge in [-0.3, -0.25) is 13.9 Å². The Balaban J connectivity index is 1.79.